The third-order valence-electron chi connectivity index (χ3n) is 5.38. The van der Waals surface area contributed by atoms with E-state index in [-0.39, 0.29) is 10.8 Å². The van der Waals surface area contributed by atoms with E-state index in [1.807, 2.05) is 32.0 Å². The van der Waals surface area contributed by atoms with Crippen molar-refractivity contribution in [3.05, 3.63) is 53.6 Å². The van der Waals surface area contributed by atoms with Crippen molar-refractivity contribution in [2.45, 2.75) is 57.9 Å². The molecule has 0 aliphatic heterocycles. The molecule has 0 saturated carbocycles. The van der Waals surface area contributed by atoms with Crippen molar-refractivity contribution in [2.75, 3.05) is 26.8 Å². The van der Waals surface area contributed by atoms with Gasteiger partial charge in [-0.15, -0.1) is 0 Å². The van der Waals surface area contributed by atoms with Gasteiger partial charge < -0.3 is 14.8 Å². The maximum absolute atomic E-state index is 12.6. The molecular formula is C25H36N2O5S. The zero-order valence-electron chi connectivity index (χ0n) is 20.1. The number of amides is 1. The molecule has 8 heteroatoms. The summed E-state index contributed by atoms with van der Waals surface area (Å²) in [6.07, 6.45) is 2.89. The summed E-state index contributed by atoms with van der Waals surface area (Å²) in [4.78, 5) is 12.6. The summed E-state index contributed by atoms with van der Waals surface area (Å²) in [5.74, 6) is 1.28. The summed E-state index contributed by atoms with van der Waals surface area (Å²) in [5.41, 5.74) is 1.84. The van der Waals surface area contributed by atoms with Gasteiger partial charge >= 0.3 is 0 Å². The number of aryl methyl sites for hydroxylation is 1. The monoisotopic (exact) mass is 476 g/mol. The van der Waals surface area contributed by atoms with Gasteiger partial charge in [0.15, 0.2) is 11.5 Å². The molecule has 1 amide bonds. The van der Waals surface area contributed by atoms with E-state index in [9.17, 15) is 13.2 Å². The fraction of sp³-hybridized carbons (Fsp3) is 0.480. The Kier molecular flexibility index (Phi) is 10.7. The highest BCUT2D eigenvalue weighted by molar-refractivity contribution is 7.89. The van der Waals surface area contributed by atoms with Crippen LogP contribution in [-0.4, -0.2) is 45.4 Å². The molecule has 2 aromatic carbocycles. The van der Waals surface area contributed by atoms with Crippen LogP contribution in [0.1, 0.15) is 51.2 Å². The first-order valence-electron chi connectivity index (χ1n) is 11.5. The number of unbranched alkanes of at least 4 members (excludes halogenated alkanes) is 1. The van der Waals surface area contributed by atoms with Gasteiger partial charge in [0.25, 0.3) is 0 Å². The lowest BCUT2D eigenvalue weighted by Crippen LogP contribution is -2.30. The Hall–Kier alpha value is -2.58. The number of hydrogen-bond donors (Lipinski definition) is 1. The number of carbonyl (C=O) groups excluding carboxylic acids is 1. The van der Waals surface area contributed by atoms with Gasteiger partial charge in [-0.3, -0.25) is 4.79 Å². The molecule has 182 valence electrons. The van der Waals surface area contributed by atoms with Crippen molar-refractivity contribution in [2.24, 2.45) is 0 Å². The van der Waals surface area contributed by atoms with Crippen LogP contribution in [0.15, 0.2) is 47.4 Å². The number of sulfonamides is 1. The lowest BCUT2D eigenvalue weighted by atomic mass is 10.1. The van der Waals surface area contributed by atoms with Crippen molar-refractivity contribution < 1.29 is 22.7 Å². The predicted octanol–water partition coefficient (Wildman–Crippen LogP) is 4.15. The van der Waals surface area contributed by atoms with Crippen molar-refractivity contribution in [1.29, 1.82) is 0 Å². The van der Waals surface area contributed by atoms with E-state index in [4.69, 9.17) is 9.47 Å². The number of ether oxygens (including phenoxy) is 2. The number of nitrogens with zero attached hydrogens (tertiary/aromatic N) is 1. The van der Waals surface area contributed by atoms with Crippen LogP contribution in [0, 0.1) is 0 Å². The van der Waals surface area contributed by atoms with Crippen molar-refractivity contribution in [1.82, 2.24) is 9.62 Å². The zero-order chi connectivity index (χ0) is 24.3. The summed E-state index contributed by atoms with van der Waals surface area (Å²) in [6, 6.07) is 12.4. The lowest BCUT2D eigenvalue weighted by molar-refractivity contribution is -0.121. The van der Waals surface area contributed by atoms with Crippen LogP contribution in [0.4, 0.5) is 0 Å². The van der Waals surface area contributed by atoms with Gasteiger partial charge in [-0.2, -0.15) is 4.31 Å². The number of carbonyl (C=O) groups is 1. The van der Waals surface area contributed by atoms with Gasteiger partial charge in [-0.1, -0.05) is 45.4 Å². The normalized spacial score (nSPS) is 11.4. The Morgan fingerprint density at radius 1 is 0.970 bits per heavy atom. The lowest BCUT2D eigenvalue weighted by Gasteiger charge is -2.18. The van der Waals surface area contributed by atoms with Crippen LogP contribution in [0.3, 0.4) is 0 Å². The van der Waals surface area contributed by atoms with Crippen molar-refractivity contribution in [3.8, 4) is 11.5 Å². The van der Waals surface area contributed by atoms with E-state index < -0.39 is 10.0 Å². The second-order valence-electron chi connectivity index (χ2n) is 7.70. The van der Waals surface area contributed by atoms with E-state index in [2.05, 4.69) is 12.2 Å². The highest BCUT2D eigenvalue weighted by Crippen LogP contribution is 2.28. The minimum Gasteiger partial charge on any atom is -0.493 e. The minimum atomic E-state index is -3.47. The van der Waals surface area contributed by atoms with Gasteiger partial charge in [-0.05, 0) is 48.2 Å². The van der Waals surface area contributed by atoms with E-state index in [0.717, 1.165) is 24.0 Å². The molecule has 0 aromatic heterocycles. The number of methoxy groups -OCH3 is 1. The maximum atomic E-state index is 12.6. The molecule has 0 radical (unpaired) electrons. The molecule has 2 aromatic rings. The first-order valence-corrected chi connectivity index (χ1v) is 12.9. The second kappa shape index (κ2) is 13.2. The van der Waals surface area contributed by atoms with E-state index in [1.165, 1.54) is 4.31 Å². The Morgan fingerprint density at radius 2 is 1.64 bits per heavy atom. The highest BCUT2D eigenvalue weighted by Gasteiger charge is 2.21. The van der Waals surface area contributed by atoms with Gasteiger partial charge in [-0.25, -0.2) is 8.42 Å². The SMILES string of the molecule is CCCCOc1ccc(CNC(=O)CCc2ccc(S(=O)(=O)N(CC)CC)cc2)cc1OC. The largest absolute Gasteiger partial charge is 0.493 e. The van der Waals surface area contributed by atoms with Gasteiger partial charge in [0.1, 0.15) is 0 Å². The standard InChI is InChI=1S/C25H36N2O5S/c1-5-8-17-32-23-15-11-21(18-24(23)31-4)19-26-25(28)16-12-20-9-13-22(14-10-20)33(29,30)27(6-2)7-3/h9-11,13-15,18H,5-8,12,16-17,19H2,1-4H3,(H,26,28). The first-order chi connectivity index (χ1) is 15.8. The Balaban J connectivity index is 1.87. The summed E-state index contributed by atoms with van der Waals surface area (Å²) in [7, 11) is -1.87. The fourth-order valence-electron chi connectivity index (χ4n) is 3.36. The predicted molar refractivity (Wildman–Crippen MR) is 130 cm³/mol. The van der Waals surface area contributed by atoms with Crippen LogP contribution >= 0.6 is 0 Å². The van der Waals surface area contributed by atoms with Crippen molar-refractivity contribution in [3.63, 3.8) is 0 Å². The van der Waals surface area contributed by atoms with Crippen LogP contribution in [0.25, 0.3) is 0 Å². The fourth-order valence-corrected chi connectivity index (χ4v) is 4.81. The van der Waals surface area contributed by atoms with Gasteiger partial charge in [0, 0.05) is 26.1 Å². The van der Waals surface area contributed by atoms with Crippen LogP contribution in [0.5, 0.6) is 11.5 Å². The van der Waals surface area contributed by atoms with Crippen LogP contribution in [-0.2, 0) is 27.8 Å². The number of rotatable bonds is 14. The minimum absolute atomic E-state index is 0.0721. The molecular weight excluding hydrogens is 440 g/mol. The molecule has 0 atom stereocenters. The molecule has 2 rings (SSSR count). The van der Waals surface area contributed by atoms with E-state index in [0.29, 0.717) is 50.6 Å². The molecule has 33 heavy (non-hydrogen) atoms. The molecule has 0 aliphatic rings. The summed E-state index contributed by atoms with van der Waals surface area (Å²) >= 11 is 0. The molecule has 0 unspecified atom stereocenters. The Bertz CT molecular complexity index is 986. The van der Waals surface area contributed by atoms with E-state index in [1.54, 1.807) is 31.4 Å². The molecule has 7 nitrogen and oxygen atoms in total. The highest BCUT2D eigenvalue weighted by atomic mass is 32.2. The zero-order valence-corrected chi connectivity index (χ0v) is 20.9. The number of benzene rings is 2. The first kappa shape index (κ1) is 26.7. The summed E-state index contributed by atoms with van der Waals surface area (Å²) in [5, 5.41) is 2.92. The van der Waals surface area contributed by atoms with Crippen molar-refractivity contribution >= 4 is 15.9 Å². The molecule has 0 fully saturated rings. The quantitative estimate of drug-likeness (QED) is 0.414. The third kappa shape index (κ3) is 7.75. The molecule has 0 aliphatic carbocycles. The molecule has 0 saturated heterocycles. The average Bonchev–Trinajstić information content (AvgIpc) is 2.82. The number of nitrogens with one attached hydrogen (secondary N) is 1. The Morgan fingerprint density at radius 3 is 2.24 bits per heavy atom. The van der Waals surface area contributed by atoms with E-state index >= 15 is 0 Å². The van der Waals surface area contributed by atoms with Gasteiger partial charge in [0.2, 0.25) is 15.9 Å². The molecule has 0 bridgehead atoms. The topological polar surface area (TPSA) is 84.9 Å². The summed E-state index contributed by atoms with van der Waals surface area (Å²) in [6.45, 7) is 7.65. The average molecular weight is 477 g/mol. The molecule has 0 heterocycles. The van der Waals surface area contributed by atoms with Crippen LogP contribution in [0.2, 0.25) is 0 Å². The van der Waals surface area contributed by atoms with Gasteiger partial charge in [0.05, 0.1) is 18.6 Å². The third-order valence-corrected chi connectivity index (χ3v) is 7.44. The number of hydrogen-bond acceptors (Lipinski definition) is 5. The second-order valence-corrected chi connectivity index (χ2v) is 9.64. The smallest absolute Gasteiger partial charge is 0.243 e. The van der Waals surface area contributed by atoms with Crippen LogP contribution < -0.4 is 14.8 Å². The molecule has 1 N–H and O–H groups in total. The summed E-state index contributed by atoms with van der Waals surface area (Å²) < 4.78 is 37.7. The molecule has 0 spiro atoms. The Labute approximate surface area is 198 Å². The maximum Gasteiger partial charge on any atom is 0.243 e.